The highest BCUT2D eigenvalue weighted by Crippen LogP contribution is 2.28. The number of ether oxygens (including phenoxy) is 3. The third kappa shape index (κ3) is 7.87. The molecular weight excluding hydrogens is 420 g/mol. The van der Waals surface area contributed by atoms with Crippen molar-refractivity contribution in [2.45, 2.75) is 38.1 Å². The van der Waals surface area contributed by atoms with Crippen molar-refractivity contribution >= 4 is 11.9 Å². The van der Waals surface area contributed by atoms with Crippen molar-refractivity contribution in [1.82, 2.24) is 5.32 Å². The summed E-state index contributed by atoms with van der Waals surface area (Å²) in [5, 5.41) is 2.94. The third-order valence-electron chi connectivity index (χ3n) is 6.00. The second-order valence-electron chi connectivity index (χ2n) is 8.44. The zero-order chi connectivity index (χ0) is 23.5. The van der Waals surface area contributed by atoms with Crippen LogP contribution in [0, 0.1) is 11.8 Å². The van der Waals surface area contributed by atoms with Crippen molar-refractivity contribution in [2.75, 3.05) is 26.9 Å². The highest BCUT2D eigenvalue weighted by Gasteiger charge is 2.30. The molecule has 7 nitrogen and oxygen atoms in total. The van der Waals surface area contributed by atoms with Gasteiger partial charge < -0.3 is 25.3 Å². The Bertz CT molecular complexity index is 881. The van der Waals surface area contributed by atoms with Gasteiger partial charge in [-0.15, -0.1) is 0 Å². The number of hydrogen-bond acceptors (Lipinski definition) is 6. The van der Waals surface area contributed by atoms with Gasteiger partial charge in [-0.25, -0.2) is 4.79 Å². The van der Waals surface area contributed by atoms with Gasteiger partial charge in [-0.05, 0) is 68.0 Å². The van der Waals surface area contributed by atoms with E-state index in [1.54, 1.807) is 7.11 Å². The van der Waals surface area contributed by atoms with Gasteiger partial charge in [0.1, 0.15) is 24.1 Å². The lowest BCUT2D eigenvalue weighted by atomic mass is 9.81. The van der Waals surface area contributed by atoms with Gasteiger partial charge in [0, 0.05) is 19.4 Å². The first kappa shape index (κ1) is 24.7. The van der Waals surface area contributed by atoms with Crippen LogP contribution in [0.3, 0.4) is 0 Å². The maximum absolute atomic E-state index is 12.9. The molecule has 1 atom stereocenters. The number of rotatable bonds is 11. The van der Waals surface area contributed by atoms with Crippen LogP contribution < -0.4 is 15.8 Å². The molecule has 1 fully saturated rings. The molecule has 7 heteroatoms. The van der Waals surface area contributed by atoms with Crippen LogP contribution in [0.5, 0.6) is 11.5 Å². The molecule has 0 bridgehead atoms. The number of esters is 1. The lowest BCUT2D eigenvalue weighted by molar-refractivity contribution is -0.149. The average Bonchev–Trinajstić information content (AvgIpc) is 2.84. The summed E-state index contributed by atoms with van der Waals surface area (Å²) in [6.07, 6.45) is 3.77. The number of nitrogens with two attached hydrogens (primary N) is 1. The highest BCUT2D eigenvalue weighted by atomic mass is 16.6. The van der Waals surface area contributed by atoms with E-state index in [1.165, 1.54) is 0 Å². The Morgan fingerprint density at radius 1 is 1.00 bits per heavy atom. The second kappa shape index (κ2) is 13.0. The van der Waals surface area contributed by atoms with Gasteiger partial charge in [-0.1, -0.05) is 30.3 Å². The number of amides is 1. The number of methoxy groups -OCH3 is 1. The Labute approximate surface area is 195 Å². The Hall–Kier alpha value is -2.90. The van der Waals surface area contributed by atoms with Crippen LogP contribution in [0.15, 0.2) is 54.6 Å². The van der Waals surface area contributed by atoms with Crippen LogP contribution >= 0.6 is 0 Å². The van der Waals surface area contributed by atoms with Gasteiger partial charge in [0.15, 0.2) is 0 Å². The topological polar surface area (TPSA) is 99.9 Å². The van der Waals surface area contributed by atoms with E-state index < -0.39 is 12.0 Å². The van der Waals surface area contributed by atoms with E-state index in [2.05, 4.69) is 5.32 Å². The quantitative estimate of drug-likeness (QED) is 0.398. The molecule has 1 saturated carbocycles. The van der Waals surface area contributed by atoms with E-state index in [0.29, 0.717) is 31.2 Å². The third-order valence-corrected chi connectivity index (χ3v) is 6.00. The smallest absolute Gasteiger partial charge is 0.329 e. The van der Waals surface area contributed by atoms with Gasteiger partial charge in [-0.3, -0.25) is 4.79 Å². The highest BCUT2D eigenvalue weighted by molar-refractivity contribution is 5.86. The maximum atomic E-state index is 12.9. The van der Waals surface area contributed by atoms with Gasteiger partial charge in [0.2, 0.25) is 5.91 Å². The largest absolute Gasteiger partial charge is 0.462 e. The maximum Gasteiger partial charge on any atom is 0.329 e. The van der Waals surface area contributed by atoms with Crippen molar-refractivity contribution in [3.05, 3.63) is 60.2 Å². The number of nitrogens with one attached hydrogen (secondary N) is 1. The van der Waals surface area contributed by atoms with E-state index in [4.69, 9.17) is 19.9 Å². The van der Waals surface area contributed by atoms with Gasteiger partial charge in [0.05, 0.1) is 6.61 Å². The van der Waals surface area contributed by atoms with E-state index in [-0.39, 0.29) is 18.4 Å². The summed E-state index contributed by atoms with van der Waals surface area (Å²) >= 11 is 0. The van der Waals surface area contributed by atoms with E-state index in [1.807, 2.05) is 54.6 Å². The van der Waals surface area contributed by atoms with Gasteiger partial charge in [-0.2, -0.15) is 0 Å². The molecule has 0 heterocycles. The Morgan fingerprint density at radius 3 is 2.42 bits per heavy atom. The summed E-state index contributed by atoms with van der Waals surface area (Å²) in [6.45, 7) is 1.10. The molecule has 1 amide bonds. The number of hydrogen-bond donors (Lipinski definition) is 2. The van der Waals surface area contributed by atoms with Crippen molar-refractivity contribution in [3.8, 4) is 11.5 Å². The van der Waals surface area contributed by atoms with Crippen molar-refractivity contribution in [1.29, 1.82) is 0 Å². The van der Waals surface area contributed by atoms with Gasteiger partial charge >= 0.3 is 5.97 Å². The first-order valence-corrected chi connectivity index (χ1v) is 11.6. The van der Waals surface area contributed by atoms with Crippen molar-refractivity contribution < 1.29 is 23.8 Å². The van der Waals surface area contributed by atoms with E-state index in [9.17, 15) is 9.59 Å². The van der Waals surface area contributed by atoms with Crippen LogP contribution in [0.1, 0.15) is 31.2 Å². The predicted molar refractivity (Wildman–Crippen MR) is 126 cm³/mol. The first-order chi connectivity index (χ1) is 16.1. The molecule has 0 aliphatic heterocycles. The van der Waals surface area contributed by atoms with Crippen molar-refractivity contribution in [2.24, 2.45) is 17.6 Å². The van der Waals surface area contributed by atoms with Gasteiger partial charge in [0.25, 0.3) is 0 Å². The summed E-state index contributed by atoms with van der Waals surface area (Å²) in [4.78, 5) is 25.7. The molecule has 0 aromatic heterocycles. The molecule has 33 heavy (non-hydrogen) atoms. The summed E-state index contributed by atoms with van der Waals surface area (Å²) in [5.74, 6) is 1.20. The molecule has 3 rings (SSSR count). The molecular formula is C26H34N2O5. The zero-order valence-corrected chi connectivity index (χ0v) is 19.2. The Morgan fingerprint density at radius 2 is 1.73 bits per heavy atom. The van der Waals surface area contributed by atoms with E-state index >= 15 is 0 Å². The molecule has 178 valence electrons. The molecule has 3 N–H and O–H groups in total. The molecule has 0 spiro atoms. The minimum Gasteiger partial charge on any atom is -0.462 e. The minimum absolute atomic E-state index is 0.101. The Balaban J connectivity index is 1.67. The molecule has 0 saturated heterocycles. The first-order valence-electron chi connectivity index (χ1n) is 11.6. The standard InChI is InChI=1S/C26H34N2O5/c1-31-14-15-32-26(30)24(28-25(29)21-12-10-19(18-27)11-13-21)17-20-6-5-9-23(16-20)33-22-7-3-2-4-8-22/h2-9,16,19,21,24H,10-15,17-18,27H2,1H3,(H,28,29). The van der Waals surface area contributed by atoms with E-state index in [0.717, 1.165) is 37.0 Å². The summed E-state index contributed by atoms with van der Waals surface area (Å²) in [7, 11) is 1.54. The monoisotopic (exact) mass is 454 g/mol. The fourth-order valence-electron chi connectivity index (χ4n) is 4.07. The van der Waals surface area contributed by atoms with Crippen LogP contribution in [-0.4, -0.2) is 44.8 Å². The SMILES string of the molecule is COCCOC(=O)C(Cc1cccc(Oc2ccccc2)c1)NC(=O)C1CCC(CN)CC1. The fourth-order valence-corrected chi connectivity index (χ4v) is 4.07. The number of carbonyl (C=O) groups excluding carboxylic acids is 2. The molecule has 1 aliphatic carbocycles. The summed E-state index contributed by atoms with van der Waals surface area (Å²) < 4.78 is 16.2. The summed E-state index contributed by atoms with van der Waals surface area (Å²) in [6, 6.07) is 16.2. The lowest BCUT2D eigenvalue weighted by Gasteiger charge is -2.28. The van der Waals surface area contributed by atoms with Crippen LogP contribution in [0.2, 0.25) is 0 Å². The zero-order valence-electron chi connectivity index (χ0n) is 19.2. The normalized spacial score (nSPS) is 18.8. The van der Waals surface area contributed by atoms with Crippen LogP contribution in [0.4, 0.5) is 0 Å². The molecule has 2 aromatic carbocycles. The lowest BCUT2D eigenvalue weighted by Crippen LogP contribution is -2.46. The minimum atomic E-state index is -0.784. The number of para-hydroxylation sites is 1. The van der Waals surface area contributed by atoms with Crippen LogP contribution in [-0.2, 0) is 25.5 Å². The van der Waals surface area contributed by atoms with Crippen molar-refractivity contribution in [3.63, 3.8) is 0 Å². The molecule has 2 aromatic rings. The second-order valence-corrected chi connectivity index (χ2v) is 8.44. The fraction of sp³-hybridized carbons (Fsp3) is 0.462. The number of benzene rings is 2. The molecule has 1 aliphatic rings. The average molecular weight is 455 g/mol. The summed E-state index contributed by atoms with van der Waals surface area (Å²) in [5.41, 5.74) is 6.63. The number of carbonyl (C=O) groups is 2. The molecule has 1 unspecified atom stereocenters. The van der Waals surface area contributed by atoms with Crippen LogP contribution in [0.25, 0.3) is 0 Å². The molecule has 0 radical (unpaired) electrons. The Kier molecular flexibility index (Phi) is 9.72. The predicted octanol–water partition coefficient (Wildman–Crippen LogP) is 3.46.